The predicted molar refractivity (Wildman–Crippen MR) is 87.3 cm³/mol. The van der Waals surface area contributed by atoms with Gasteiger partial charge in [0, 0.05) is 24.8 Å². The van der Waals surface area contributed by atoms with Crippen LogP contribution in [0.4, 0.5) is 5.69 Å². The fourth-order valence-electron chi connectivity index (χ4n) is 1.92. The van der Waals surface area contributed by atoms with Crippen LogP contribution in [0.2, 0.25) is 0 Å². The maximum absolute atomic E-state index is 12.4. The van der Waals surface area contributed by atoms with Crippen molar-refractivity contribution in [1.82, 2.24) is 5.06 Å². The summed E-state index contributed by atoms with van der Waals surface area (Å²) in [5.41, 5.74) is 12.1. The summed E-state index contributed by atoms with van der Waals surface area (Å²) in [5, 5.41) is 10.3. The number of nitrogen functional groups attached to an aromatic ring is 1. The summed E-state index contributed by atoms with van der Waals surface area (Å²) in [6.45, 7) is 4.47. The molecule has 0 saturated carbocycles. The van der Waals surface area contributed by atoms with Crippen molar-refractivity contribution >= 4 is 17.5 Å². The molecule has 23 heavy (non-hydrogen) atoms. The molecular formula is C16H25N3O4. The smallest absolute Gasteiger partial charge is 0.250 e. The van der Waals surface area contributed by atoms with Crippen molar-refractivity contribution < 1.29 is 19.5 Å². The van der Waals surface area contributed by atoms with E-state index in [4.69, 9.17) is 21.4 Å². The van der Waals surface area contributed by atoms with Crippen molar-refractivity contribution in [2.24, 2.45) is 11.7 Å². The lowest BCUT2D eigenvalue weighted by atomic mass is 10.1. The lowest BCUT2D eigenvalue weighted by molar-refractivity contribution is -0.191. The van der Waals surface area contributed by atoms with Crippen LogP contribution in [0.3, 0.4) is 0 Å². The highest BCUT2D eigenvalue weighted by molar-refractivity contribution is 5.98. The van der Waals surface area contributed by atoms with E-state index in [1.807, 2.05) is 13.8 Å². The molecule has 0 aliphatic rings. The number of aliphatic hydroxyl groups excluding tert-OH is 1. The topological polar surface area (TPSA) is 119 Å². The molecule has 0 unspecified atom stereocenters. The second-order valence-corrected chi connectivity index (χ2v) is 5.54. The van der Waals surface area contributed by atoms with Crippen LogP contribution in [0.25, 0.3) is 0 Å². The van der Waals surface area contributed by atoms with E-state index in [1.165, 1.54) is 11.1 Å². The minimum atomic E-state index is -0.629. The highest BCUT2D eigenvalue weighted by Gasteiger charge is 2.17. The van der Waals surface area contributed by atoms with Crippen molar-refractivity contribution in [3.63, 3.8) is 0 Å². The zero-order chi connectivity index (χ0) is 17.4. The Morgan fingerprint density at radius 2 is 2.09 bits per heavy atom. The maximum Gasteiger partial charge on any atom is 0.250 e. The van der Waals surface area contributed by atoms with Crippen LogP contribution in [0.15, 0.2) is 18.2 Å². The average molecular weight is 323 g/mol. The molecule has 1 atom stereocenters. The van der Waals surface area contributed by atoms with Crippen LogP contribution in [-0.2, 0) is 16.1 Å². The first kappa shape index (κ1) is 18.9. The number of primary amides is 1. The third-order valence-electron chi connectivity index (χ3n) is 3.27. The monoisotopic (exact) mass is 323 g/mol. The van der Waals surface area contributed by atoms with Crippen LogP contribution in [0.5, 0.6) is 0 Å². The minimum absolute atomic E-state index is 0.00586. The number of nitrogens with two attached hydrogens (primary N) is 2. The van der Waals surface area contributed by atoms with E-state index in [1.54, 1.807) is 12.1 Å². The fourth-order valence-corrected chi connectivity index (χ4v) is 1.92. The number of hydrogen-bond acceptors (Lipinski definition) is 5. The summed E-state index contributed by atoms with van der Waals surface area (Å²) >= 11 is 0. The first-order valence-electron chi connectivity index (χ1n) is 7.61. The second kappa shape index (κ2) is 9.12. The Morgan fingerprint density at radius 3 is 2.65 bits per heavy atom. The van der Waals surface area contributed by atoms with E-state index in [-0.39, 0.29) is 42.7 Å². The third kappa shape index (κ3) is 5.88. The Labute approximate surface area is 136 Å². The van der Waals surface area contributed by atoms with E-state index >= 15 is 0 Å². The van der Waals surface area contributed by atoms with Gasteiger partial charge in [0.1, 0.15) is 0 Å². The molecule has 0 aliphatic heterocycles. The summed E-state index contributed by atoms with van der Waals surface area (Å²) in [6, 6.07) is 4.76. The first-order chi connectivity index (χ1) is 10.9. The van der Waals surface area contributed by atoms with E-state index < -0.39 is 5.91 Å². The number of hydroxylamine groups is 2. The Bertz CT molecular complexity index is 548. The van der Waals surface area contributed by atoms with Gasteiger partial charge in [-0.15, -0.1) is 0 Å². The molecule has 1 rings (SSSR count). The molecule has 7 heteroatoms. The highest BCUT2D eigenvalue weighted by Crippen LogP contribution is 2.15. The van der Waals surface area contributed by atoms with Gasteiger partial charge in [-0.05, 0) is 24.1 Å². The number of amides is 2. The molecule has 2 amide bonds. The summed E-state index contributed by atoms with van der Waals surface area (Å²) in [4.78, 5) is 29.1. The predicted octanol–water partition coefficient (Wildman–Crippen LogP) is 0.709. The maximum atomic E-state index is 12.4. The standard InChI is InChI=1S/C16H25N3O4/c1-3-6-19(23-10-11(2)9-20)15(21)8-12-4-5-14(17)13(7-12)16(18)22/h4-5,7,11,20H,3,6,8-10,17H2,1-2H3,(H2,18,22)/t11-/m0/s1. The SMILES string of the molecule is CCCN(OC[C@@H](C)CO)C(=O)Cc1ccc(N)c(C(N)=O)c1. The minimum Gasteiger partial charge on any atom is -0.398 e. The van der Waals surface area contributed by atoms with Gasteiger partial charge in [-0.2, -0.15) is 0 Å². The Kier molecular flexibility index (Phi) is 7.50. The van der Waals surface area contributed by atoms with Crippen molar-refractivity contribution in [3.8, 4) is 0 Å². The number of carbonyl (C=O) groups excluding carboxylic acids is 2. The highest BCUT2D eigenvalue weighted by atomic mass is 16.7. The lowest BCUT2D eigenvalue weighted by Gasteiger charge is -2.23. The molecule has 0 heterocycles. The molecule has 0 aliphatic carbocycles. The van der Waals surface area contributed by atoms with Gasteiger partial charge < -0.3 is 16.6 Å². The van der Waals surface area contributed by atoms with Crippen LogP contribution in [0.1, 0.15) is 36.2 Å². The number of rotatable bonds is 9. The van der Waals surface area contributed by atoms with Gasteiger partial charge in [0.25, 0.3) is 11.8 Å². The normalized spacial score (nSPS) is 12.0. The van der Waals surface area contributed by atoms with Crippen molar-refractivity contribution in [2.75, 3.05) is 25.5 Å². The van der Waals surface area contributed by atoms with Gasteiger partial charge in [-0.25, -0.2) is 5.06 Å². The van der Waals surface area contributed by atoms with E-state index in [0.29, 0.717) is 12.1 Å². The summed E-state index contributed by atoms with van der Waals surface area (Å²) in [7, 11) is 0. The van der Waals surface area contributed by atoms with Crippen LogP contribution in [-0.4, -0.2) is 41.7 Å². The van der Waals surface area contributed by atoms with E-state index in [9.17, 15) is 9.59 Å². The van der Waals surface area contributed by atoms with Crippen LogP contribution >= 0.6 is 0 Å². The van der Waals surface area contributed by atoms with Crippen molar-refractivity contribution in [2.45, 2.75) is 26.7 Å². The molecule has 0 spiro atoms. The fraction of sp³-hybridized carbons (Fsp3) is 0.500. The molecule has 0 radical (unpaired) electrons. The van der Waals surface area contributed by atoms with Crippen molar-refractivity contribution in [3.05, 3.63) is 29.3 Å². The summed E-state index contributed by atoms with van der Waals surface area (Å²) in [5.74, 6) is -0.910. The molecular weight excluding hydrogens is 298 g/mol. The Hall–Kier alpha value is -2.12. The molecule has 5 N–H and O–H groups in total. The van der Waals surface area contributed by atoms with E-state index in [2.05, 4.69) is 0 Å². The third-order valence-corrected chi connectivity index (χ3v) is 3.27. The molecule has 0 bridgehead atoms. The van der Waals surface area contributed by atoms with Gasteiger partial charge in [-0.3, -0.25) is 14.4 Å². The van der Waals surface area contributed by atoms with E-state index in [0.717, 1.165) is 6.42 Å². The van der Waals surface area contributed by atoms with Crippen LogP contribution < -0.4 is 11.5 Å². The van der Waals surface area contributed by atoms with Crippen LogP contribution in [0, 0.1) is 5.92 Å². The molecule has 128 valence electrons. The molecule has 0 aromatic heterocycles. The number of benzene rings is 1. The zero-order valence-electron chi connectivity index (χ0n) is 13.6. The van der Waals surface area contributed by atoms with Gasteiger partial charge in [0.05, 0.1) is 18.6 Å². The Balaban J connectivity index is 2.77. The van der Waals surface area contributed by atoms with Gasteiger partial charge in [0.15, 0.2) is 0 Å². The number of hydrogen-bond donors (Lipinski definition) is 3. The van der Waals surface area contributed by atoms with Gasteiger partial charge >= 0.3 is 0 Å². The second-order valence-electron chi connectivity index (χ2n) is 5.54. The molecule has 1 aromatic rings. The number of nitrogens with zero attached hydrogens (tertiary/aromatic N) is 1. The number of anilines is 1. The van der Waals surface area contributed by atoms with Gasteiger partial charge in [0.2, 0.25) is 0 Å². The zero-order valence-corrected chi connectivity index (χ0v) is 13.6. The summed E-state index contributed by atoms with van der Waals surface area (Å²) in [6.07, 6.45) is 0.821. The molecule has 0 fully saturated rings. The Morgan fingerprint density at radius 1 is 1.39 bits per heavy atom. The molecule has 0 saturated heterocycles. The summed E-state index contributed by atoms with van der Waals surface area (Å²) < 4.78 is 0. The molecule has 1 aromatic carbocycles. The average Bonchev–Trinajstić information content (AvgIpc) is 2.52. The first-order valence-corrected chi connectivity index (χ1v) is 7.61. The quantitative estimate of drug-likeness (QED) is 0.457. The number of carbonyl (C=O) groups is 2. The molecule has 7 nitrogen and oxygen atoms in total. The number of aliphatic hydroxyl groups is 1. The van der Waals surface area contributed by atoms with Crippen molar-refractivity contribution in [1.29, 1.82) is 0 Å². The lowest BCUT2D eigenvalue weighted by Crippen LogP contribution is -2.35. The van der Waals surface area contributed by atoms with Gasteiger partial charge in [-0.1, -0.05) is 19.9 Å². The largest absolute Gasteiger partial charge is 0.398 e.